The summed E-state index contributed by atoms with van der Waals surface area (Å²) >= 11 is 0. The Hall–Kier alpha value is -0.0800. The van der Waals surface area contributed by atoms with Crippen LogP contribution < -0.4 is 10.6 Å². The lowest BCUT2D eigenvalue weighted by Gasteiger charge is -2.63. The summed E-state index contributed by atoms with van der Waals surface area (Å²) in [6.45, 7) is 5.48. The van der Waals surface area contributed by atoms with E-state index in [9.17, 15) is 0 Å². The number of ether oxygens (including phenoxy) is 2. The molecule has 6 heteroatoms. The largest absolute Gasteiger partial charge is 0.382 e. The fourth-order valence-corrected chi connectivity index (χ4v) is 4.32. The van der Waals surface area contributed by atoms with Gasteiger partial charge in [0.1, 0.15) is 0 Å². The van der Waals surface area contributed by atoms with Crippen LogP contribution in [0, 0.1) is 11.3 Å². The molecular formula is C16H30IN3O2. The van der Waals surface area contributed by atoms with Gasteiger partial charge in [0.25, 0.3) is 0 Å². The maximum absolute atomic E-state index is 5.96. The second-order valence-corrected chi connectivity index (χ2v) is 6.50. The van der Waals surface area contributed by atoms with Crippen LogP contribution in [0.4, 0.5) is 0 Å². The smallest absolute Gasteiger partial charge is 0.191 e. The Morgan fingerprint density at radius 1 is 1.41 bits per heavy atom. The molecule has 3 aliphatic rings. The number of guanidine groups is 1. The Morgan fingerprint density at radius 2 is 2.23 bits per heavy atom. The van der Waals surface area contributed by atoms with Gasteiger partial charge in [0.05, 0.1) is 6.10 Å². The fraction of sp³-hybridized carbons (Fsp3) is 0.938. The summed E-state index contributed by atoms with van der Waals surface area (Å²) in [5.41, 5.74) is 0.407. The summed E-state index contributed by atoms with van der Waals surface area (Å²) in [5.74, 6) is 1.63. The minimum atomic E-state index is 0. The number of nitrogens with one attached hydrogen (secondary N) is 2. The van der Waals surface area contributed by atoms with E-state index < -0.39 is 0 Å². The first-order chi connectivity index (χ1) is 10.3. The molecule has 3 fully saturated rings. The second-order valence-electron chi connectivity index (χ2n) is 6.50. The standard InChI is InChI=1S/C16H29N3O2.HI/c1-3-20-10-5-9-18-15(17-2)19-13-12-6-11-21-14(12)16(13)7-4-8-16;/h12-14H,3-11H2,1-2H3,(H2,17,18,19);1H. The van der Waals surface area contributed by atoms with E-state index in [-0.39, 0.29) is 24.0 Å². The Kier molecular flexibility index (Phi) is 6.76. The van der Waals surface area contributed by atoms with E-state index >= 15 is 0 Å². The van der Waals surface area contributed by atoms with E-state index in [0.717, 1.165) is 38.7 Å². The predicted octanol–water partition coefficient (Wildman–Crippen LogP) is 2.15. The first-order valence-electron chi connectivity index (χ1n) is 8.48. The van der Waals surface area contributed by atoms with Gasteiger partial charge in [-0.25, -0.2) is 0 Å². The third-order valence-electron chi connectivity index (χ3n) is 5.51. The molecule has 0 bridgehead atoms. The third kappa shape index (κ3) is 3.24. The minimum Gasteiger partial charge on any atom is -0.382 e. The molecule has 3 atom stereocenters. The zero-order chi connectivity index (χ0) is 14.7. The molecule has 0 aromatic carbocycles. The van der Waals surface area contributed by atoms with Crippen molar-refractivity contribution in [2.24, 2.45) is 16.3 Å². The van der Waals surface area contributed by atoms with Crippen molar-refractivity contribution in [1.82, 2.24) is 10.6 Å². The average Bonchev–Trinajstić information content (AvgIpc) is 2.85. The summed E-state index contributed by atoms with van der Waals surface area (Å²) in [7, 11) is 1.85. The van der Waals surface area contributed by atoms with Gasteiger partial charge in [-0.3, -0.25) is 4.99 Å². The van der Waals surface area contributed by atoms with E-state index in [4.69, 9.17) is 9.47 Å². The van der Waals surface area contributed by atoms with Gasteiger partial charge in [0, 0.05) is 50.8 Å². The third-order valence-corrected chi connectivity index (χ3v) is 5.51. The molecule has 2 saturated carbocycles. The van der Waals surface area contributed by atoms with Gasteiger partial charge >= 0.3 is 0 Å². The fourth-order valence-electron chi connectivity index (χ4n) is 4.32. The van der Waals surface area contributed by atoms with E-state index in [0.29, 0.717) is 23.5 Å². The molecule has 128 valence electrons. The number of fused-ring (bicyclic) bond motifs is 2. The molecule has 5 nitrogen and oxygen atoms in total. The molecule has 22 heavy (non-hydrogen) atoms. The summed E-state index contributed by atoms with van der Waals surface area (Å²) in [6.07, 6.45) is 6.70. The molecular weight excluding hydrogens is 393 g/mol. The molecule has 1 heterocycles. The lowest BCUT2D eigenvalue weighted by molar-refractivity contribution is -0.171. The zero-order valence-corrected chi connectivity index (χ0v) is 16.1. The molecule has 1 aliphatic heterocycles. The molecule has 0 aromatic heterocycles. The van der Waals surface area contributed by atoms with E-state index in [1.165, 1.54) is 25.7 Å². The van der Waals surface area contributed by atoms with Crippen LogP contribution in [0.5, 0.6) is 0 Å². The van der Waals surface area contributed by atoms with Crippen molar-refractivity contribution in [3.63, 3.8) is 0 Å². The van der Waals surface area contributed by atoms with Crippen LogP contribution >= 0.6 is 24.0 Å². The van der Waals surface area contributed by atoms with Crippen LogP contribution in [0.3, 0.4) is 0 Å². The lowest BCUT2D eigenvalue weighted by atomic mass is 9.46. The predicted molar refractivity (Wildman–Crippen MR) is 98.9 cm³/mol. The molecule has 1 saturated heterocycles. The topological polar surface area (TPSA) is 54.9 Å². The van der Waals surface area contributed by atoms with Crippen molar-refractivity contribution in [1.29, 1.82) is 0 Å². The molecule has 0 radical (unpaired) electrons. The normalized spacial score (nSPS) is 31.7. The van der Waals surface area contributed by atoms with Crippen LogP contribution in [-0.2, 0) is 9.47 Å². The number of halogens is 1. The highest BCUT2D eigenvalue weighted by Crippen LogP contribution is 2.62. The van der Waals surface area contributed by atoms with Gasteiger partial charge in [-0.2, -0.15) is 0 Å². The highest BCUT2D eigenvalue weighted by atomic mass is 127. The Morgan fingerprint density at radius 3 is 2.86 bits per heavy atom. The van der Waals surface area contributed by atoms with Crippen molar-refractivity contribution < 1.29 is 9.47 Å². The van der Waals surface area contributed by atoms with Gasteiger partial charge < -0.3 is 20.1 Å². The maximum Gasteiger partial charge on any atom is 0.191 e. The minimum absolute atomic E-state index is 0. The van der Waals surface area contributed by atoms with Crippen LogP contribution in [0.15, 0.2) is 4.99 Å². The number of hydrogen-bond acceptors (Lipinski definition) is 3. The molecule has 2 aliphatic carbocycles. The first kappa shape index (κ1) is 18.3. The molecule has 0 aromatic rings. The van der Waals surface area contributed by atoms with Crippen molar-refractivity contribution in [2.75, 3.05) is 33.4 Å². The number of rotatable bonds is 6. The van der Waals surface area contributed by atoms with Gasteiger partial charge in [-0.15, -0.1) is 24.0 Å². The monoisotopic (exact) mass is 423 g/mol. The second kappa shape index (κ2) is 8.15. The van der Waals surface area contributed by atoms with Gasteiger partial charge in [-0.05, 0) is 32.6 Å². The summed E-state index contributed by atoms with van der Waals surface area (Å²) in [5, 5.41) is 7.09. The van der Waals surface area contributed by atoms with Crippen molar-refractivity contribution in [2.45, 2.75) is 51.2 Å². The number of aliphatic imine (C=N–C) groups is 1. The van der Waals surface area contributed by atoms with Crippen LogP contribution in [0.1, 0.15) is 39.0 Å². The Bertz CT molecular complexity index is 388. The van der Waals surface area contributed by atoms with Crippen molar-refractivity contribution in [3.05, 3.63) is 0 Å². The highest BCUT2D eigenvalue weighted by Gasteiger charge is 2.66. The SMILES string of the molecule is CCOCCCNC(=NC)NC1C2CCOC2C12CCC2.I. The summed E-state index contributed by atoms with van der Waals surface area (Å²) in [4.78, 5) is 4.38. The van der Waals surface area contributed by atoms with E-state index in [1.54, 1.807) is 0 Å². The molecule has 2 N–H and O–H groups in total. The van der Waals surface area contributed by atoms with Crippen LogP contribution in [0.25, 0.3) is 0 Å². The first-order valence-corrected chi connectivity index (χ1v) is 8.48. The van der Waals surface area contributed by atoms with Gasteiger partial charge in [0.2, 0.25) is 0 Å². The number of hydrogen-bond donors (Lipinski definition) is 2. The Labute approximate surface area is 151 Å². The average molecular weight is 423 g/mol. The quantitative estimate of drug-likeness (QED) is 0.298. The molecule has 3 unspecified atom stereocenters. The molecule has 1 spiro atoms. The van der Waals surface area contributed by atoms with Gasteiger partial charge in [-0.1, -0.05) is 6.42 Å². The Balaban J connectivity index is 0.00000176. The highest BCUT2D eigenvalue weighted by molar-refractivity contribution is 14.0. The zero-order valence-electron chi connectivity index (χ0n) is 13.8. The van der Waals surface area contributed by atoms with E-state index in [1.807, 2.05) is 14.0 Å². The molecule has 0 amide bonds. The molecule has 3 rings (SSSR count). The lowest BCUT2D eigenvalue weighted by Crippen LogP contribution is -2.72. The maximum atomic E-state index is 5.96. The number of nitrogens with zero attached hydrogens (tertiary/aromatic N) is 1. The summed E-state index contributed by atoms with van der Waals surface area (Å²) in [6, 6.07) is 0.553. The summed E-state index contributed by atoms with van der Waals surface area (Å²) < 4.78 is 11.3. The van der Waals surface area contributed by atoms with Crippen molar-refractivity contribution >= 4 is 29.9 Å². The van der Waals surface area contributed by atoms with Gasteiger partial charge in [0.15, 0.2) is 5.96 Å². The van der Waals surface area contributed by atoms with Crippen molar-refractivity contribution in [3.8, 4) is 0 Å². The van der Waals surface area contributed by atoms with Crippen LogP contribution in [0.2, 0.25) is 0 Å². The van der Waals surface area contributed by atoms with Crippen LogP contribution in [-0.4, -0.2) is 51.5 Å². The van der Waals surface area contributed by atoms with E-state index in [2.05, 4.69) is 15.6 Å².